The molecule has 6 nitrogen and oxygen atoms in total. The lowest BCUT2D eigenvalue weighted by atomic mass is 10.0. The van der Waals surface area contributed by atoms with Crippen molar-refractivity contribution in [3.05, 3.63) is 35.4 Å². The van der Waals surface area contributed by atoms with E-state index in [-0.39, 0.29) is 30.4 Å². The highest BCUT2D eigenvalue weighted by atomic mass is 16.2. The first-order valence-electron chi connectivity index (χ1n) is 8.48. The summed E-state index contributed by atoms with van der Waals surface area (Å²) in [5.41, 5.74) is 2.42. The first-order chi connectivity index (χ1) is 11.6. The number of nitrogens with one attached hydrogen (secondary N) is 1. The Morgan fingerprint density at radius 2 is 1.92 bits per heavy atom. The number of carbonyl (C=O) groups is 3. The van der Waals surface area contributed by atoms with Gasteiger partial charge >= 0.3 is 6.03 Å². The minimum atomic E-state index is -0.302. The third-order valence-electron chi connectivity index (χ3n) is 4.93. The van der Waals surface area contributed by atoms with Gasteiger partial charge in [0.1, 0.15) is 0 Å². The van der Waals surface area contributed by atoms with Crippen LogP contribution in [0.4, 0.5) is 4.79 Å². The smallest absolute Gasteiger partial charge is 0.324 e. The van der Waals surface area contributed by atoms with E-state index in [2.05, 4.69) is 24.4 Å². The van der Waals surface area contributed by atoms with Crippen molar-refractivity contribution in [2.45, 2.75) is 38.6 Å². The van der Waals surface area contributed by atoms with Gasteiger partial charge < -0.3 is 10.2 Å². The molecule has 0 bridgehead atoms. The van der Waals surface area contributed by atoms with Crippen molar-refractivity contribution in [1.29, 1.82) is 0 Å². The van der Waals surface area contributed by atoms with Crippen LogP contribution < -0.4 is 5.32 Å². The van der Waals surface area contributed by atoms with Crippen LogP contribution in [0.2, 0.25) is 0 Å². The van der Waals surface area contributed by atoms with Crippen LogP contribution in [0.1, 0.15) is 30.4 Å². The van der Waals surface area contributed by atoms with Gasteiger partial charge in [-0.3, -0.25) is 14.5 Å². The molecule has 24 heavy (non-hydrogen) atoms. The molecule has 2 aliphatic heterocycles. The molecule has 0 aliphatic carbocycles. The van der Waals surface area contributed by atoms with Crippen molar-refractivity contribution < 1.29 is 14.4 Å². The van der Waals surface area contributed by atoms with E-state index in [4.69, 9.17) is 0 Å². The van der Waals surface area contributed by atoms with Gasteiger partial charge in [0.05, 0.1) is 6.54 Å². The number of amides is 4. The molecule has 6 heteroatoms. The summed E-state index contributed by atoms with van der Waals surface area (Å²) < 4.78 is 0. The standard InChI is InChI=1S/C18H23N3O3/c1-13-4-2-3-5-14(13)6-7-16(22)20-10-8-15(9-11-20)21-17(23)12-19-18(21)24/h2-5,15H,6-12H2,1H3,(H,19,24). The number of urea groups is 1. The maximum atomic E-state index is 12.4. The first-order valence-corrected chi connectivity index (χ1v) is 8.48. The third kappa shape index (κ3) is 3.42. The Balaban J connectivity index is 1.49. The lowest BCUT2D eigenvalue weighted by Gasteiger charge is -2.35. The van der Waals surface area contributed by atoms with Gasteiger partial charge in [-0.05, 0) is 37.3 Å². The van der Waals surface area contributed by atoms with E-state index in [0.717, 1.165) is 6.42 Å². The number of hydrogen-bond donors (Lipinski definition) is 1. The van der Waals surface area contributed by atoms with Crippen molar-refractivity contribution in [2.24, 2.45) is 0 Å². The van der Waals surface area contributed by atoms with E-state index in [0.29, 0.717) is 32.4 Å². The van der Waals surface area contributed by atoms with Gasteiger partial charge in [0.25, 0.3) is 0 Å². The van der Waals surface area contributed by atoms with Gasteiger partial charge in [0.15, 0.2) is 0 Å². The highest BCUT2D eigenvalue weighted by Crippen LogP contribution is 2.20. The average Bonchev–Trinajstić information content (AvgIpc) is 2.93. The minimum absolute atomic E-state index is 0.0829. The molecule has 4 amide bonds. The fraction of sp³-hybridized carbons (Fsp3) is 0.500. The van der Waals surface area contributed by atoms with E-state index < -0.39 is 0 Å². The number of imide groups is 1. The second-order valence-electron chi connectivity index (χ2n) is 6.46. The van der Waals surface area contributed by atoms with E-state index in [1.165, 1.54) is 16.0 Å². The van der Waals surface area contributed by atoms with Crippen molar-refractivity contribution in [3.8, 4) is 0 Å². The molecule has 0 radical (unpaired) electrons. The van der Waals surface area contributed by atoms with Gasteiger partial charge in [-0.2, -0.15) is 0 Å². The SMILES string of the molecule is Cc1ccccc1CCC(=O)N1CCC(N2C(=O)CNC2=O)CC1. The monoisotopic (exact) mass is 329 g/mol. The maximum absolute atomic E-state index is 12.4. The van der Waals surface area contributed by atoms with Crippen LogP contribution in [0, 0.1) is 6.92 Å². The van der Waals surface area contributed by atoms with Gasteiger partial charge in [-0.25, -0.2) is 4.79 Å². The van der Waals surface area contributed by atoms with Crippen LogP contribution in [0.25, 0.3) is 0 Å². The van der Waals surface area contributed by atoms with Crippen LogP contribution >= 0.6 is 0 Å². The molecule has 1 N–H and O–H groups in total. The Morgan fingerprint density at radius 1 is 1.21 bits per heavy atom. The maximum Gasteiger partial charge on any atom is 0.324 e. The molecule has 1 aromatic carbocycles. The lowest BCUT2D eigenvalue weighted by molar-refractivity contribution is -0.133. The number of benzene rings is 1. The normalized spacial score (nSPS) is 18.9. The van der Waals surface area contributed by atoms with Crippen molar-refractivity contribution in [1.82, 2.24) is 15.1 Å². The summed E-state index contributed by atoms with van der Waals surface area (Å²) in [6.45, 7) is 3.36. The molecule has 0 unspecified atom stereocenters. The quantitative estimate of drug-likeness (QED) is 0.851. The summed E-state index contributed by atoms with van der Waals surface area (Å²) in [6.07, 6.45) is 2.57. The largest absolute Gasteiger partial charge is 0.343 e. The average molecular weight is 329 g/mol. The van der Waals surface area contributed by atoms with E-state index >= 15 is 0 Å². The lowest BCUT2D eigenvalue weighted by Crippen LogP contribution is -2.49. The minimum Gasteiger partial charge on any atom is -0.343 e. The Bertz CT molecular complexity index is 635. The predicted molar refractivity (Wildman–Crippen MR) is 89.3 cm³/mol. The van der Waals surface area contributed by atoms with E-state index in [9.17, 15) is 14.4 Å². The van der Waals surface area contributed by atoms with Gasteiger partial charge in [-0.15, -0.1) is 0 Å². The number of rotatable bonds is 4. The Morgan fingerprint density at radius 3 is 2.54 bits per heavy atom. The van der Waals surface area contributed by atoms with Crippen LogP contribution in [-0.2, 0) is 16.0 Å². The van der Waals surface area contributed by atoms with Crippen LogP contribution in [0.3, 0.4) is 0 Å². The summed E-state index contributed by atoms with van der Waals surface area (Å²) in [6, 6.07) is 7.73. The van der Waals surface area contributed by atoms with Crippen LogP contribution in [0.5, 0.6) is 0 Å². The summed E-state index contributed by atoms with van der Waals surface area (Å²) in [4.78, 5) is 39.0. The molecule has 2 saturated heterocycles. The number of nitrogens with zero attached hydrogens (tertiary/aromatic N) is 2. The third-order valence-corrected chi connectivity index (χ3v) is 4.93. The van der Waals surface area contributed by atoms with Crippen LogP contribution in [0.15, 0.2) is 24.3 Å². The van der Waals surface area contributed by atoms with Crippen LogP contribution in [-0.4, -0.2) is 53.3 Å². The Kier molecular flexibility index (Phi) is 4.83. The van der Waals surface area contributed by atoms with Crippen molar-refractivity contribution >= 4 is 17.8 Å². The zero-order valence-electron chi connectivity index (χ0n) is 14.0. The van der Waals surface area contributed by atoms with Gasteiger partial charge in [0, 0.05) is 25.6 Å². The summed E-state index contributed by atoms with van der Waals surface area (Å²) in [5, 5.41) is 2.55. The summed E-state index contributed by atoms with van der Waals surface area (Å²) in [5.74, 6) is -0.0155. The molecule has 2 heterocycles. The second kappa shape index (κ2) is 7.03. The number of likely N-dealkylation sites (tertiary alicyclic amines) is 1. The highest BCUT2D eigenvalue weighted by Gasteiger charge is 2.37. The Labute approximate surface area is 141 Å². The molecule has 0 saturated carbocycles. The van der Waals surface area contributed by atoms with Gasteiger partial charge in [-0.1, -0.05) is 24.3 Å². The zero-order chi connectivity index (χ0) is 17.1. The molecule has 1 aromatic rings. The molecule has 2 aliphatic rings. The summed E-state index contributed by atoms with van der Waals surface area (Å²) in [7, 11) is 0. The second-order valence-corrected chi connectivity index (χ2v) is 6.46. The van der Waals surface area contributed by atoms with E-state index in [1.807, 2.05) is 17.0 Å². The zero-order valence-corrected chi connectivity index (χ0v) is 14.0. The fourth-order valence-corrected chi connectivity index (χ4v) is 3.47. The Hall–Kier alpha value is -2.37. The fourth-order valence-electron chi connectivity index (χ4n) is 3.47. The molecule has 0 aromatic heterocycles. The molecule has 3 rings (SSSR count). The number of hydrogen-bond acceptors (Lipinski definition) is 3. The highest BCUT2D eigenvalue weighted by molar-refractivity contribution is 6.02. The van der Waals surface area contributed by atoms with Gasteiger partial charge in [0.2, 0.25) is 11.8 Å². The predicted octanol–water partition coefficient (Wildman–Crippen LogP) is 1.47. The van der Waals surface area contributed by atoms with E-state index in [1.54, 1.807) is 0 Å². The molecular formula is C18H23N3O3. The molecular weight excluding hydrogens is 306 g/mol. The van der Waals surface area contributed by atoms with Crippen molar-refractivity contribution in [2.75, 3.05) is 19.6 Å². The molecule has 128 valence electrons. The van der Waals surface area contributed by atoms with Crippen molar-refractivity contribution in [3.63, 3.8) is 0 Å². The topological polar surface area (TPSA) is 69.7 Å². The number of piperidine rings is 1. The molecule has 0 spiro atoms. The number of carbonyl (C=O) groups excluding carboxylic acids is 3. The summed E-state index contributed by atoms with van der Waals surface area (Å²) >= 11 is 0. The molecule has 2 fully saturated rings. The first kappa shape index (κ1) is 16.5. The number of aryl methyl sites for hydroxylation is 2. The molecule has 0 atom stereocenters.